The topological polar surface area (TPSA) is 82.7 Å². The van der Waals surface area contributed by atoms with Crippen molar-refractivity contribution in [3.05, 3.63) is 23.7 Å². The number of nitrogens with one attached hydrogen (secondary N) is 1. The van der Waals surface area contributed by atoms with Gasteiger partial charge in [-0.3, -0.25) is 0 Å². The van der Waals surface area contributed by atoms with Crippen molar-refractivity contribution in [1.82, 2.24) is 5.32 Å². The van der Waals surface area contributed by atoms with Crippen LogP contribution in [-0.2, 0) is 6.54 Å². The molecule has 1 aliphatic rings. The van der Waals surface area contributed by atoms with E-state index in [0.717, 1.165) is 19.4 Å². The average molecular weight is 267 g/mol. The number of aliphatic hydroxyl groups is 1. The molecule has 0 radical (unpaired) electrons. The van der Waals surface area contributed by atoms with Crippen molar-refractivity contribution in [2.24, 2.45) is 11.8 Å². The van der Waals surface area contributed by atoms with E-state index in [2.05, 4.69) is 5.32 Å². The van der Waals surface area contributed by atoms with Gasteiger partial charge in [0.1, 0.15) is 12.0 Å². The molecule has 3 N–H and O–H groups in total. The summed E-state index contributed by atoms with van der Waals surface area (Å²) in [4.78, 5) is 10.7. The van der Waals surface area contributed by atoms with Gasteiger partial charge in [-0.05, 0) is 37.3 Å². The van der Waals surface area contributed by atoms with Gasteiger partial charge in [-0.2, -0.15) is 0 Å². The summed E-state index contributed by atoms with van der Waals surface area (Å²) < 4.78 is 5.18. The number of hydrogen-bond donors (Lipinski definition) is 3. The molecule has 1 heterocycles. The molecule has 19 heavy (non-hydrogen) atoms. The molecular weight excluding hydrogens is 246 g/mol. The van der Waals surface area contributed by atoms with Gasteiger partial charge in [0.05, 0.1) is 12.1 Å². The van der Waals surface area contributed by atoms with Gasteiger partial charge in [-0.15, -0.1) is 0 Å². The van der Waals surface area contributed by atoms with E-state index in [1.54, 1.807) is 6.07 Å². The van der Waals surface area contributed by atoms with Gasteiger partial charge >= 0.3 is 5.97 Å². The molecule has 0 saturated heterocycles. The third kappa shape index (κ3) is 3.81. The molecule has 1 aromatic heterocycles. The van der Waals surface area contributed by atoms with Gasteiger partial charge in [-0.1, -0.05) is 12.8 Å². The normalized spacial score (nSPS) is 23.4. The smallest absolute Gasteiger partial charge is 0.338 e. The number of carboxylic acid groups (broad SMARTS) is 1. The van der Waals surface area contributed by atoms with E-state index >= 15 is 0 Å². The lowest BCUT2D eigenvalue weighted by Crippen LogP contribution is -2.32. The lowest BCUT2D eigenvalue weighted by molar-refractivity contribution is 0.0696. The molecule has 1 aromatic rings. The average Bonchev–Trinajstić information content (AvgIpc) is 2.88. The summed E-state index contributed by atoms with van der Waals surface area (Å²) in [5.41, 5.74) is 0.183. The van der Waals surface area contributed by atoms with Gasteiger partial charge in [0, 0.05) is 6.61 Å². The van der Waals surface area contributed by atoms with Gasteiger partial charge in [0.25, 0.3) is 0 Å². The van der Waals surface area contributed by atoms with Crippen LogP contribution in [0.1, 0.15) is 41.8 Å². The fourth-order valence-corrected chi connectivity index (χ4v) is 2.76. The molecule has 2 unspecified atom stereocenters. The lowest BCUT2D eigenvalue weighted by Gasteiger charge is -2.30. The Balaban J connectivity index is 1.77. The van der Waals surface area contributed by atoms with Gasteiger partial charge < -0.3 is 19.9 Å². The molecule has 5 heteroatoms. The minimum absolute atomic E-state index is 0.183. The second-order valence-electron chi connectivity index (χ2n) is 5.22. The summed E-state index contributed by atoms with van der Waals surface area (Å²) in [7, 11) is 0. The zero-order valence-corrected chi connectivity index (χ0v) is 11.0. The Morgan fingerprint density at radius 3 is 2.74 bits per heavy atom. The zero-order valence-electron chi connectivity index (χ0n) is 11.0. The van der Waals surface area contributed by atoms with Crippen LogP contribution >= 0.6 is 0 Å². The molecule has 2 rings (SSSR count). The van der Waals surface area contributed by atoms with Crippen LogP contribution in [0.15, 0.2) is 16.7 Å². The summed E-state index contributed by atoms with van der Waals surface area (Å²) in [6.07, 6.45) is 5.95. The Bertz CT molecular complexity index is 415. The minimum atomic E-state index is -0.970. The number of rotatable bonds is 6. The van der Waals surface area contributed by atoms with Crippen LogP contribution in [-0.4, -0.2) is 29.3 Å². The highest BCUT2D eigenvalue weighted by Crippen LogP contribution is 2.29. The first kappa shape index (κ1) is 14.1. The van der Waals surface area contributed by atoms with Crippen LogP contribution < -0.4 is 5.32 Å². The Morgan fingerprint density at radius 2 is 2.11 bits per heavy atom. The fourth-order valence-electron chi connectivity index (χ4n) is 2.76. The maximum Gasteiger partial charge on any atom is 0.338 e. The molecule has 2 atom stereocenters. The number of carbonyl (C=O) groups is 1. The van der Waals surface area contributed by atoms with E-state index in [9.17, 15) is 9.90 Å². The molecule has 1 fully saturated rings. The molecule has 0 amide bonds. The molecule has 1 aliphatic carbocycles. The predicted molar refractivity (Wildman–Crippen MR) is 69.9 cm³/mol. The van der Waals surface area contributed by atoms with Crippen LogP contribution in [0.3, 0.4) is 0 Å². The first-order chi connectivity index (χ1) is 9.20. The Morgan fingerprint density at radius 1 is 1.37 bits per heavy atom. The molecule has 1 saturated carbocycles. The van der Waals surface area contributed by atoms with Gasteiger partial charge in [-0.25, -0.2) is 4.79 Å². The molecule has 0 aliphatic heterocycles. The van der Waals surface area contributed by atoms with Crippen LogP contribution in [0.4, 0.5) is 0 Å². The lowest BCUT2D eigenvalue weighted by atomic mass is 9.79. The summed E-state index contributed by atoms with van der Waals surface area (Å²) in [6.45, 7) is 1.63. The van der Waals surface area contributed by atoms with Gasteiger partial charge in [0.2, 0.25) is 0 Å². The first-order valence-corrected chi connectivity index (χ1v) is 6.83. The molecule has 5 nitrogen and oxygen atoms in total. The highest BCUT2D eigenvalue weighted by molar-refractivity contribution is 5.87. The fraction of sp³-hybridized carbons (Fsp3) is 0.643. The summed E-state index contributed by atoms with van der Waals surface area (Å²) in [5.74, 6) is 0.566. The van der Waals surface area contributed by atoms with Crippen molar-refractivity contribution in [3.8, 4) is 0 Å². The van der Waals surface area contributed by atoms with Crippen LogP contribution in [0.25, 0.3) is 0 Å². The maximum atomic E-state index is 10.7. The van der Waals surface area contributed by atoms with Crippen molar-refractivity contribution in [1.29, 1.82) is 0 Å². The third-order valence-electron chi connectivity index (χ3n) is 3.91. The van der Waals surface area contributed by atoms with E-state index in [-0.39, 0.29) is 12.2 Å². The number of hydrogen-bond acceptors (Lipinski definition) is 4. The highest BCUT2D eigenvalue weighted by Gasteiger charge is 2.23. The monoisotopic (exact) mass is 267 g/mol. The van der Waals surface area contributed by atoms with Crippen molar-refractivity contribution >= 4 is 5.97 Å². The number of furan rings is 1. The van der Waals surface area contributed by atoms with Crippen LogP contribution in [0.5, 0.6) is 0 Å². The largest absolute Gasteiger partial charge is 0.478 e. The van der Waals surface area contributed by atoms with Crippen LogP contribution in [0, 0.1) is 11.8 Å². The first-order valence-electron chi connectivity index (χ1n) is 6.83. The molecule has 0 bridgehead atoms. The molecule has 0 spiro atoms. The highest BCUT2D eigenvalue weighted by atomic mass is 16.4. The number of aromatic carboxylic acids is 1. The third-order valence-corrected chi connectivity index (χ3v) is 3.91. The summed E-state index contributed by atoms with van der Waals surface area (Å²) in [5, 5.41) is 21.4. The van der Waals surface area contributed by atoms with Crippen molar-refractivity contribution in [2.75, 3.05) is 13.2 Å². The van der Waals surface area contributed by atoms with E-state index in [4.69, 9.17) is 9.52 Å². The van der Waals surface area contributed by atoms with Crippen LogP contribution in [0.2, 0.25) is 0 Å². The molecule has 106 valence electrons. The predicted octanol–water partition coefficient (Wildman–Crippen LogP) is 1.87. The van der Waals surface area contributed by atoms with E-state index in [1.807, 2.05) is 0 Å². The van der Waals surface area contributed by atoms with Crippen molar-refractivity contribution in [3.63, 3.8) is 0 Å². The number of carboxylic acids is 1. The standard InChI is InChI=1S/C14H21NO4/c16-8-11-4-2-1-3-10(11)6-15-7-13-5-12(9-19-13)14(17)18/h5,9-11,15-16H,1-4,6-8H2,(H,17,18). The molecule has 0 aromatic carbocycles. The Labute approximate surface area is 112 Å². The SMILES string of the molecule is O=C(O)c1coc(CNCC2CCCCC2CO)c1. The molecular formula is C14H21NO4. The van der Waals surface area contributed by atoms with Gasteiger partial charge in [0.15, 0.2) is 0 Å². The summed E-state index contributed by atoms with van der Waals surface area (Å²) in [6, 6.07) is 1.54. The summed E-state index contributed by atoms with van der Waals surface area (Å²) >= 11 is 0. The minimum Gasteiger partial charge on any atom is -0.478 e. The van der Waals surface area contributed by atoms with E-state index in [1.165, 1.54) is 19.1 Å². The van der Waals surface area contributed by atoms with E-state index in [0.29, 0.717) is 24.1 Å². The zero-order chi connectivity index (χ0) is 13.7. The second kappa shape index (κ2) is 6.73. The quantitative estimate of drug-likeness (QED) is 0.733. The van der Waals surface area contributed by atoms with E-state index < -0.39 is 5.97 Å². The number of aliphatic hydroxyl groups excluding tert-OH is 1. The van der Waals surface area contributed by atoms with Crippen molar-refractivity contribution < 1.29 is 19.4 Å². The second-order valence-corrected chi connectivity index (χ2v) is 5.22. The Hall–Kier alpha value is -1.33. The Kier molecular flexibility index (Phi) is 4.99. The maximum absolute atomic E-state index is 10.7. The van der Waals surface area contributed by atoms with Crippen molar-refractivity contribution in [2.45, 2.75) is 32.2 Å².